The van der Waals surface area contributed by atoms with Gasteiger partial charge in [0.15, 0.2) is 5.54 Å². The molecule has 1 heterocycles. The third kappa shape index (κ3) is 2.73. The van der Waals surface area contributed by atoms with E-state index in [9.17, 15) is 13.6 Å². The van der Waals surface area contributed by atoms with Gasteiger partial charge in [0, 0.05) is 6.20 Å². The number of aromatic nitrogens is 2. The Balaban J connectivity index is 2.51. The van der Waals surface area contributed by atoms with E-state index in [1.54, 1.807) is 33.9 Å². The largest absolute Gasteiger partial charge is 0.464 e. The fourth-order valence-electron chi connectivity index (χ4n) is 2.12. The van der Waals surface area contributed by atoms with E-state index < -0.39 is 23.1 Å². The van der Waals surface area contributed by atoms with Gasteiger partial charge in [0.25, 0.3) is 0 Å². The molecule has 22 heavy (non-hydrogen) atoms. The number of aryl methyl sites for hydroxylation is 1. The lowest BCUT2D eigenvalue weighted by Crippen LogP contribution is -2.37. The van der Waals surface area contributed by atoms with E-state index in [0.29, 0.717) is 5.56 Å². The third-order valence-corrected chi connectivity index (χ3v) is 3.44. The first-order valence-corrected chi connectivity index (χ1v) is 6.97. The summed E-state index contributed by atoms with van der Waals surface area (Å²) in [6.07, 6.45) is 1.58. The van der Waals surface area contributed by atoms with Gasteiger partial charge in [-0.1, -0.05) is 6.07 Å². The standard InChI is InChI=1S/C16H18F2N2O2/c1-5-22-15(21)16(3,4)20-9-10(2)14(19-20)13-11(17)7-6-8-12(13)18/h6-9H,5H2,1-4H3. The molecule has 118 valence electrons. The normalized spacial score (nSPS) is 11.5. The number of carbonyl (C=O) groups excluding carboxylic acids is 1. The van der Waals surface area contributed by atoms with Crippen LogP contribution in [0.4, 0.5) is 8.78 Å². The van der Waals surface area contributed by atoms with Crippen LogP contribution in [0.3, 0.4) is 0 Å². The van der Waals surface area contributed by atoms with Crippen LogP contribution in [0.5, 0.6) is 0 Å². The topological polar surface area (TPSA) is 44.1 Å². The average molecular weight is 308 g/mol. The maximum Gasteiger partial charge on any atom is 0.333 e. The summed E-state index contributed by atoms with van der Waals surface area (Å²) in [6.45, 7) is 6.92. The van der Waals surface area contributed by atoms with Crippen molar-refractivity contribution < 1.29 is 18.3 Å². The molecular formula is C16H18F2N2O2. The molecule has 0 aliphatic carbocycles. The molecule has 2 aromatic rings. The molecule has 0 unspecified atom stereocenters. The number of hydrogen-bond donors (Lipinski definition) is 0. The minimum atomic E-state index is -1.07. The van der Waals surface area contributed by atoms with Gasteiger partial charge >= 0.3 is 5.97 Å². The zero-order valence-electron chi connectivity index (χ0n) is 13.0. The van der Waals surface area contributed by atoms with E-state index in [1.165, 1.54) is 22.9 Å². The number of nitrogens with zero attached hydrogens (tertiary/aromatic N) is 2. The highest BCUT2D eigenvalue weighted by Crippen LogP contribution is 2.29. The van der Waals surface area contributed by atoms with Gasteiger partial charge in [0.2, 0.25) is 0 Å². The molecule has 0 atom stereocenters. The van der Waals surface area contributed by atoms with E-state index in [0.717, 1.165) is 0 Å². The van der Waals surface area contributed by atoms with Crippen LogP contribution in [-0.2, 0) is 15.1 Å². The summed E-state index contributed by atoms with van der Waals surface area (Å²) in [4.78, 5) is 12.0. The molecule has 1 aromatic carbocycles. The maximum atomic E-state index is 13.9. The van der Waals surface area contributed by atoms with Crippen LogP contribution in [0.25, 0.3) is 11.3 Å². The highest BCUT2D eigenvalue weighted by atomic mass is 19.1. The second-order valence-electron chi connectivity index (χ2n) is 5.48. The summed E-state index contributed by atoms with van der Waals surface area (Å²) in [5.74, 6) is -1.84. The van der Waals surface area contributed by atoms with E-state index in [-0.39, 0.29) is 17.9 Å². The van der Waals surface area contributed by atoms with Crippen molar-refractivity contribution >= 4 is 5.97 Å². The highest BCUT2D eigenvalue weighted by Gasteiger charge is 2.33. The first-order chi connectivity index (χ1) is 10.3. The third-order valence-electron chi connectivity index (χ3n) is 3.44. The fourth-order valence-corrected chi connectivity index (χ4v) is 2.12. The highest BCUT2D eigenvalue weighted by molar-refractivity contribution is 5.78. The Hall–Kier alpha value is -2.24. The Labute approximate surface area is 127 Å². The van der Waals surface area contributed by atoms with Crippen molar-refractivity contribution in [2.24, 2.45) is 0 Å². The Kier molecular flexibility index (Phi) is 4.30. The van der Waals surface area contributed by atoms with Gasteiger partial charge in [-0.3, -0.25) is 4.68 Å². The van der Waals surface area contributed by atoms with E-state index in [2.05, 4.69) is 5.10 Å². The lowest BCUT2D eigenvalue weighted by atomic mass is 10.1. The van der Waals surface area contributed by atoms with Crippen molar-refractivity contribution in [3.63, 3.8) is 0 Å². The zero-order valence-corrected chi connectivity index (χ0v) is 13.0. The molecule has 0 fully saturated rings. The molecule has 0 saturated carbocycles. The lowest BCUT2D eigenvalue weighted by Gasteiger charge is -2.22. The van der Waals surface area contributed by atoms with Crippen molar-refractivity contribution in [3.8, 4) is 11.3 Å². The van der Waals surface area contributed by atoms with Crippen LogP contribution < -0.4 is 0 Å². The zero-order chi connectivity index (χ0) is 16.5. The van der Waals surface area contributed by atoms with E-state index >= 15 is 0 Å². The molecule has 2 rings (SSSR count). The molecule has 0 aliphatic rings. The van der Waals surface area contributed by atoms with Crippen molar-refractivity contribution in [2.45, 2.75) is 33.2 Å². The van der Waals surface area contributed by atoms with Crippen LogP contribution >= 0.6 is 0 Å². The van der Waals surface area contributed by atoms with Gasteiger partial charge in [-0.15, -0.1) is 0 Å². The average Bonchev–Trinajstić information content (AvgIpc) is 2.82. The molecule has 0 amide bonds. The summed E-state index contributed by atoms with van der Waals surface area (Å²) in [7, 11) is 0. The fraction of sp³-hybridized carbons (Fsp3) is 0.375. The number of esters is 1. The number of rotatable bonds is 4. The molecule has 4 nitrogen and oxygen atoms in total. The summed E-state index contributed by atoms with van der Waals surface area (Å²) in [5.41, 5.74) is -0.520. The monoisotopic (exact) mass is 308 g/mol. The molecular weight excluding hydrogens is 290 g/mol. The smallest absolute Gasteiger partial charge is 0.333 e. The number of benzene rings is 1. The Morgan fingerprint density at radius 3 is 2.45 bits per heavy atom. The first kappa shape index (κ1) is 16.1. The van der Waals surface area contributed by atoms with Gasteiger partial charge in [-0.05, 0) is 45.4 Å². The van der Waals surface area contributed by atoms with Crippen LogP contribution in [-0.4, -0.2) is 22.4 Å². The molecule has 0 N–H and O–H groups in total. The lowest BCUT2D eigenvalue weighted by molar-refractivity contribution is -0.152. The van der Waals surface area contributed by atoms with Gasteiger partial charge in [0.05, 0.1) is 12.2 Å². The SMILES string of the molecule is CCOC(=O)C(C)(C)n1cc(C)c(-c2c(F)cccc2F)n1. The molecule has 0 radical (unpaired) electrons. The maximum absolute atomic E-state index is 13.9. The summed E-state index contributed by atoms with van der Waals surface area (Å²) >= 11 is 0. The van der Waals surface area contributed by atoms with E-state index in [4.69, 9.17) is 4.74 Å². The number of ether oxygens (including phenoxy) is 1. The molecule has 0 aliphatic heterocycles. The summed E-state index contributed by atoms with van der Waals surface area (Å²) < 4.78 is 34.2. The van der Waals surface area contributed by atoms with Gasteiger partial charge < -0.3 is 4.74 Å². The predicted octanol–water partition coefficient (Wildman–Crippen LogP) is 3.43. The first-order valence-electron chi connectivity index (χ1n) is 6.97. The molecule has 6 heteroatoms. The van der Waals surface area contributed by atoms with Crippen LogP contribution in [0, 0.1) is 18.6 Å². The van der Waals surface area contributed by atoms with E-state index in [1.807, 2.05) is 0 Å². The van der Waals surface area contributed by atoms with Crippen molar-refractivity contribution in [3.05, 3.63) is 41.6 Å². The second-order valence-corrected chi connectivity index (χ2v) is 5.48. The van der Waals surface area contributed by atoms with Gasteiger partial charge in [0.1, 0.15) is 17.3 Å². The predicted molar refractivity (Wildman–Crippen MR) is 78.3 cm³/mol. The minimum absolute atomic E-state index is 0.174. The van der Waals surface area contributed by atoms with Crippen LogP contribution in [0.15, 0.2) is 24.4 Å². The molecule has 1 aromatic heterocycles. The summed E-state index contributed by atoms with van der Waals surface area (Å²) in [6, 6.07) is 3.64. The molecule has 0 saturated heterocycles. The van der Waals surface area contributed by atoms with Crippen molar-refractivity contribution in [1.82, 2.24) is 9.78 Å². The molecule has 0 bridgehead atoms. The minimum Gasteiger partial charge on any atom is -0.464 e. The van der Waals surface area contributed by atoms with Crippen molar-refractivity contribution in [2.75, 3.05) is 6.61 Å². The summed E-state index contributed by atoms with van der Waals surface area (Å²) in [5, 5.41) is 4.21. The van der Waals surface area contributed by atoms with Crippen LogP contribution in [0.2, 0.25) is 0 Å². The second kappa shape index (κ2) is 5.87. The van der Waals surface area contributed by atoms with Crippen molar-refractivity contribution in [1.29, 1.82) is 0 Å². The number of carbonyl (C=O) groups is 1. The quantitative estimate of drug-likeness (QED) is 0.813. The Morgan fingerprint density at radius 2 is 1.91 bits per heavy atom. The Bertz CT molecular complexity index is 688. The molecule has 0 spiro atoms. The number of halogens is 2. The van der Waals surface area contributed by atoms with Crippen LogP contribution in [0.1, 0.15) is 26.3 Å². The van der Waals surface area contributed by atoms with Gasteiger partial charge in [-0.2, -0.15) is 5.10 Å². The Morgan fingerprint density at radius 1 is 1.32 bits per heavy atom. The van der Waals surface area contributed by atoms with Gasteiger partial charge in [-0.25, -0.2) is 13.6 Å². The number of hydrogen-bond acceptors (Lipinski definition) is 3.